The second-order valence-corrected chi connectivity index (χ2v) is 5.15. The number of hydrogen-bond acceptors (Lipinski definition) is 6. The van der Waals surface area contributed by atoms with Gasteiger partial charge in [0.1, 0.15) is 24.0 Å². The molecule has 0 spiro atoms. The minimum absolute atomic E-state index is 0.405. The number of nitrogens with zero attached hydrogens (tertiary/aromatic N) is 3. The maximum absolute atomic E-state index is 5.47. The predicted molar refractivity (Wildman–Crippen MR) is 80.2 cm³/mol. The quantitative estimate of drug-likeness (QED) is 0.844. The molecule has 1 aliphatic rings. The van der Waals surface area contributed by atoms with Crippen LogP contribution in [-0.2, 0) is 17.9 Å². The Kier molecular flexibility index (Phi) is 4.06. The number of hydrogen-bond donors (Lipinski definition) is 1. The number of rotatable bonds is 7. The molecule has 1 N–H and O–H groups in total. The predicted octanol–water partition coefficient (Wildman–Crippen LogP) is 2.43. The molecular formula is C15H20N4O2. The molecular weight excluding hydrogens is 268 g/mol. The van der Waals surface area contributed by atoms with Crippen LogP contribution in [0, 0.1) is 0 Å². The van der Waals surface area contributed by atoms with E-state index in [1.807, 2.05) is 25.2 Å². The summed E-state index contributed by atoms with van der Waals surface area (Å²) in [5.41, 5.74) is 0. The Hall–Kier alpha value is -2.08. The highest BCUT2D eigenvalue weighted by molar-refractivity contribution is 5.50. The van der Waals surface area contributed by atoms with E-state index in [9.17, 15) is 0 Å². The molecule has 6 heteroatoms. The van der Waals surface area contributed by atoms with E-state index in [4.69, 9.17) is 9.15 Å². The van der Waals surface area contributed by atoms with Gasteiger partial charge in [-0.15, -0.1) is 0 Å². The van der Waals surface area contributed by atoms with Gasteiger partial charge in [0.25, 0.3) is 0 Å². The first-order valence-corrected chi connectivity index (χ1v) is 7.14. The van der Waals surface area contributed by atoms with Crippen molar-refractivity contribution in [2.24, 2.45) is 0 Å². The molecule has 0 aromatic carbocycles. The van der Waals surface area contributed by atoms with Gasteiger partial charge in [0.15, 0.2) is 5.82 Å². The molecule has 6 nitrogen and oxygen atoms in total. The first-order valence-electron chi connectivity index (χ1n) is 7.14. The van der Waals surface area contributed by atoms with Crippen molar-refractivity contribution < 1.29 is 9.15 Å². The topological polar surface area (TPSA) is 63.4 Å². The summed E-state index contributed by atoms with van der Waals surface area (Å²) in [7, 11) is 3.51. The van der Waals surface area contributed by atoms with Crippen LogP contribution in [0.4, 0.5) is 11.6 Å². The van der Waals surface area contributed by atoms with Crippen LogP contribution in [0.1, 0.15) is 24.4 Å². The van der Waals surface area contributed by atoms with Crippen LogP contribution in [0.5, 0.6) is 0 Å². The summed E-state index contributed by atoms with van der Waals surface area (Å²) in [4.78, 5) is 11.3. The molecule has 0 saturated heterocycles. The lowest BCUT2D eigenvalue weighted by Gasteiger charge is -2.23. The van der Waals surface area contributed by atoms with Gasteiger partial charge >= 0.3 is 0 Å². The van der Waals surface area contributed by atoms with Gasteiger partial charge in [-0.05, 0) is 25.0 Å². The van der Waals surface area contributed by atoms with Crippen LogP contribution in [0.3, 0.4) is 0 Å². The van der Waals surface area contributed by atoms with Crippen molar-refractivity contribution in [1.29, 1.82) is 0 Å². The minimum Gasteiger partial charge on any atom is -0.467 e. The number of methoxy groups -OCH3 is 1. The summed E-state index contributed by atoms with van der Waals surface area (Å²) in [5.74, 6) is 3.35. The van der Waals surface area contributed by atoms with Crippen molar-refractivity contribution in [1.82, 2.24) is 9.97 Å². The Morgan fingerprint density at radius 2 is 2.29 bits per heavy atom. The first kappa shape index (κ1) is 13.9. The van der Waals surface area contributed by atoms with E-state index in [1.165, 1.54) is 12.8 Å². The molecule has 1 aliphatic carbocycles. The van der Waals surface area contributed by atoms with Gasteiger partial charge in [-0.3, -0.25) is 0 Å². The zero-order valence-corrected chi connectivity index (χ0v) is 12.4. The van der Waals surface area contributed by atoms with E-state index < -0.39 is 0 Å². The molecule has 112 valence electrons. The highest BCUT2D eigenvalue weighted by Crippen LogP contribution is 2.33. The Bertz CT molecular complexity index is 581. The van der Waals surface area contributed by atoms with Crippen molar-refractivity contribution in [2.75, 3.05) is 24.4 Å². The van der Waals surface area contributed by atoms with Gasteiger partial charge in [-0.1, -0.05) is 0 Å². The van der Waals surface area contributed by atoms with Crippen molar-refractivity contribution in [3.63, 3.8) is 0 Å². The zero-order valence-electron chi connectivity index (χ0n) is 12.4. The summed E-state index contributed by atoms with van der Waals surface area (Å²) >= 11 is 0. The van der Waals surface area contributed by atoms with Crippen molar-refractivity contribution in [2.45, 2.75) is 32.0 Å². The molecule has 0 aliphatic heterocycles. The zero-order chi connectivity index (χ0) is 14.7. The third-order valence-electron chi connectivity index (χ3n) is 3.48. The lowest BCUT2D eigenvalue weighted by atomic mass is 10.3. The summed E-state index contributed by atoms with van der Waals surface area (Å²) in [6.45, 7) is 1.13. The number of aromatic nitrogens is 2. The Morgan fingerprint density at radius 1 is 1.43 bits per heavy atom. The molecule has 0 amide bonds. The molecule has 0 unspecified atom stereocenters. The molecule has 0 radical (unpaired) electrons. The fraction of sp³-hybridized carbons (Fsp3) is 0.467. The van der Waals surface area contributed by atoms with Crippen molar-refractivity contribution in [3.05, 3.63) is 36.0 Å². The molecule has 2 aromatic rings. The maximum Gasteiger partial charge on any atom is 0.158 e. The van der Waals surface area contributed by atoms with Crippen molar-refractivity contribution >= 4 is 11.6 Å². The normalized spacial score (nSPS) is 14.2. The molecule has 21 heavy (non-hydrogen) atoms. The van der Waals surface area contributed by atoms with Gasteiger partial charge in [-0.2, -0.15) is 0 Å². The molecule has 0 atom stereocenters. The summed E-state index contributed by atoms with van der Waals surface area (Å²) in [6, 6.07) is 6.41. The van der Waals surface area contributed by atoms with E-state index in [1.54, 1.807) is 13.4 Å². The first-order chi connectivity index (χ1) is 10.3. The third-order valence-corrected chi connectivity index (χ3v) is 3.48. The summed E-state index contributed by atoms with van der Waals surface area (Å²) in [6.07, 6.45) is 4.09. The Balaban J connectivity index is 1.88. The highest BCUT2D eigenvalue weighted by Gasteiger charge is 2.31. The minimum atomic E-state index is 0.405. The van der Waals surface area contributed by atoms with E-state index in [0.29, 0.717) is 18.5 Å². The van der Waals surface area contributed by atoms with Gasteiger partial charge in [0, 0.05) is 26.3 Å². The molecule has 2 aromatic heterocycles. The van der Waals surface area contributed by atoms with E-state index in [-0.39, 0.29) is 0 Å². The lowest BCUT2D eigenvalue weighted by Crippen LogP contribution is -2.26. The third kappa shape index (κ3) is 3.33. The molecule has 0 bridgehead atoms. The van der Waals surface area contributed by atoms with E-state index in [0.717, 1.165) is 23.9 Å². The standard InChI is InChI=1S/C15H20N4O2/c1-16-13-8-15(18-14(17-13)10-20-2)19(11-5-6-11)9-12-4-3-7-21-12/h3-4,7-8,11H,5-6,9-10H2,1-2H3,(H,16,17,18). The van der Waals surface area contributed by atoms with Gasteiger partial charge in [-0.25, -0.2) is 9.97 Å². The SMILES string of the molecule is CNc1cc(N(Cc2ccco2)C2CC2)nc(COC)n1. The molecule has 1 fully saturated rings. The second kappa shape index (κ2) is 6.13. The van der Waals surface area contributed by atoms with Gasteiger partial charge in [0.05, 0.1) is 12.8 Å². The van der Waals surface area contributed by atoms with Crippen LogP contribution >= 0.6 is 0 Å². The maximum atomic E-state index is 5.47. The van der Waals surface area contributed by atoms with Crippen LogP contribution < -0.4 is 10.2 Å². The number of nitrogens with one attached hydrogen (secondary N) is 1. The Morgan fingerprint density at radius 3 is 2.90 bits per heavy atom. The smallest absolute Gasteiger partial charge is 0.158 e. The Labute approximate surface area is 124 Å². The van der Waals surface area contributed by atoms with Crippen LogP contribution in [-0.4, -0.2) is 30.2 Å². The molecule has 1 saturated carbocycles. The fourth-order valence-electron chi connectivity index (χ4n) is 2.31. The summed E-state index contributed by atoms with van der Waals surface area (Å²) in [5, 5.41) is 3.08. The van der Waals surface area contributed by atoms with Crippen LogP contribution in [0.2, 0.25) is 0 Å². The number of ether oxygens (including phenoxy) is 1. The number of furan rings is 1. The lowest BCUT2D eigenvalue weighted by molar-refractivity contribution is 0.178. The van der Waals surface area contributed by atoms with Gasteiger partial charge in [0.2, 0.25) is 0 Å². The number of anilines is 2. The molecule has 2 heterocycles. The largest absolute Gasteiger partial charge is 0.467 e. The fourth-order valence-corrected chi connectivity index (χ4v) is 2.31. The average Bonchev–Trinajstić information content (AvgIpc) is 3.21. The second-order valence-electron chi connectivity index (χ2n) is 5.15. The van der Waals surface area contributed by atoms with Crippen LogP contribution in [0.25, 0.3) is 0 Å². The van der Waals surface area contributed by atoms with E-state index >= 15 is 0 Å². The summed E-state index contributed by atoms with van der Waals surface area (Å²) < 4.78 is 10.6. The van der Waals surface area contributed by atoms with Gasteiger partial charge < -0.3 is 19.4 Å². The van der Waals surface area contributed by atoms with E-state index in [2.05, 4.69) is 20.2 Å². The highest BCUT2D eigenvalue weighted by atomic mass is 16.5. The van der Waals surface area contributed by atoms with Crippen molar-refractivity contribution in [3.8, 4) is 0 Å². The average molecular weight is 288 g/mol. The monoisotopic (exact) mass is 288 g/mol. The molecule has 3 rings (SSSR count). The van der Waals surface area contributed by atoms with Crippen LogP contribution in [0.15, 0.2) is 28.9 Å².